The number of sulfonamides is 1. The van der Waals surface area contributed by atoms with Gasteiger partial charge in [0.05, 0.1) is 5.25 Å². The first-order chi connectivity index (χ1) is 12.6. The number of hydrogen-bond acceptors (Lipinski definition) is 4. The largest absolute Gasteiger partial charge is 0.438 e. The normalized spacial score (nSPS) is 14.0. The molecule has 26 heavy (non-hydrogen) atoms. The van der Waals surface area contributed by atoms with Gasteiger partial charge in [-0.2, -0.15) is 5.26 Å². The molecule has 1 N–H and O–H groups in total. The zero-order chi connectivity index (χ0) is 18.1. The van der Waals surface area contributed by atoms with Crippen LogP contribution in [0, 0.1) is 11.3 Å². The second-order valence-electron chi connectivity index (χ2n) is 6.20. The van der Waals surface area contributed by atoms with Crippen molar-refractivity contribution in [3.8, 4) is 28.5 Å². The average Bonchev–Trinajstić information content (AvgIpc) is 3.46. The summed E-state index contributed by atoms with van der Waals surface area (Å²) in [7, 11) is -3.54. The van der Waals surface area contributed by atoms with Gasteiger partial charge in [0.2, 0.25) is 15.9 Å². The summed E-state index contributed by atoms with van der Waals surface area (Å²) >= 11 is 0. The Morgan fingerprint density at radius 2 is 1.54 bits per heavy atom. The van der Waals surface area contributed by atoms with Gasteiger partial charge in [0.25, 0.3) is 0 Å². The standard InChI is InChI=1S/C20H16N2O3S/c21-13-17-18(14-7-3-1-4-8-14)19(15-9-5-2-6-10-15)25-20(17)22-26(23,24)16-11-12-16/h1-10,16,22H,11-12H2. The van der Waals surface area contributed by atoms with E-state index in [0.717, 1.165) is 11.1 Å². The Kier molecular flexibility index (Phi) is 4.02. The molecular formula is C20H16N2O3S. The van der Waals surface area contributed by atoms with E-state index in [9.17, 15) is 13.7 Å². The maximum absolute atomic E-state index is 12.3. The molecule has 6 heteroatoms. The van der Waals surface area contributed by atoms with Gasteiger partial charge in [-0.15, -0.1) is 0 Å². The van der Waals surface area contributed by atoms with E-state index in [-0.39, 0.29) is 11.4 Å². The summed E-state index contributed by atoms with van der Waals surface area (Å²) < 4.78 is 33.0. The lowest BCUT2D eigenvalue weighted by Crippen LogP contribution is -2.17. The number of anilines is 1. The van der Waals surface area contributed by atoms with Crippen LogP contribution in [0.15, 0.2) is 65.1 Å². The van der Waals surface area contributed by atoms with Crippen LogP contribution in [0.5, 0.6) is 0 Å². The van der Waals surface area contributed by atoms with Crippen LogP contribution in [0.1, 0.15) is 18.4 Å². The Bertz CT molecular complexity index is 1080. The summed E-state index contributed by atoms with van der Waals surface area (Å²) in [6, 6.07) is 20.8. The van der Waals surface area contributed by atoms with Crippen LogP contribution < -0.4 is 4.72 Å². The molecule has 2 aromatic carbocycles. The van der Waals surface area contributed by atoms with Gasteiger partial charge >= 0.3 is 0 Å². The fraction of sp³-hybridized carbons (Fsp3) is 0.150. The minimum Gasteiger partial charge on any atom is -0.438 e. The maximum Gasteiger partial charge on any atom is 0.237 e. The molecule has 5 nitrogen and oxygen atoms in total. The summed E-state index contributed by atoms with van der Waals surface area (Å²) in [6.45, 7) is 0. The summed E-state index contributed by atoms with van der Waals surface area (Å²) in [5.74, 6) is 0.457. The van der Waals surface area contributed by atoms with E-state index in [0.29, 0.717) is 24.2 Å². The van der Waals surface area contributed by atoms with Crippen molar-refractivity contribution in [1.82, 2.24) is 0 Å². The molecule has 0 aliphatic heterocycles. The predicted octanol–water partition coefficient (Wildman–Crippen LogP) is 4.39. The van der Waals surface area contributed by atoms with Gasteiger partial charge in [-0.05, 0) is 18.4 Å². The molecule has 130 valence electrons. The number of rotatable bonds is 5. The van der Waals surface area contributed by atoms with Crippen LogP contribution in [0.4, 0.5) is 5.88 Å². The lowest BCUT2D eigenvalue weighted by atomic mass is 9.98. The third kappa shape index (κ3) is 2.98. The number of nitrogens with one attached hydrogen (secondary N) is 1. The van der Waals surface area contributed by atoms with Crippen LogP contribution in [-0.4, -0.2) is 13.7 Å². The summed E-state index contributed by atoms with van der Waals surface area (Å²) in [5.41, 5.74) is 2.36. The maximum atomic E-state index is 12.3. The van der Waals surface area contributed by atoms with Crippen molar-refractivity contribution in [1.29, 1.82) is 5.26 Å². The van der Waals surface area contributed by atoms with E-state index < -0.39 is 15.3 Å². The molecular weight excluding hydrogens is 348 g/mol. The first-order valence-corrected chi connectivity index (χ1v) is 9.84. The Labute approximate surface area is 151 Å². The van der Waals surface area contributed by atoms with Gasteiger partial charge in [-0.25, -0.2) is 8.42 Å². The number of nitrogens with zero attached hydrogens (tertiary/aromatic N) is 1. The van der Waals surface area contributed by atoms with E-state index in [4.69, 9.17) is 4.42 Å². The van der Waals surface area contributed by atoms with Crippen molar-refractivity contribution in [2.24, 2.45) is 0 Å². The highest BCUT2D eigenvalue weighted by molar-refractivity contribution is 7.93. The van der Waals surface area contributed by atoms with Crippen LogP contribution >= 0.6 is 0 Å². The Hall–Kier alpha value is -3.04. The topological polar surface area (TPSA) is 83.1 Å². The van der Waals surface area contributed by atoms with Gasteiger partial charge in [0.15, 0.2) is 0 Å². The summed E-state index contributed by atoms with van der Waals surface area (Å²) in [4.78, 5) is 0. The monoisotopic (exact) mass is 364 g/mol. The smallest absolute Gasteiger partial charge is 0.237 e. The quantitative estimate of drug-likeness (QED) is 0.728. The highest BCUT2D eigenvalue weighted by Crippen LogP contribution is 2.42. The number of furan rings is 1. The van der Waals surface area contributed by atoms with Crippen LogP contribution in [0.25, 0.3) is 22.5 Å². The van der Waals surface area contributed by atoms with Crippen molar-refractivity contribution < 1.29 is 12.8 Å². The predicted molar refractivity (Wildman–Crippen MR) is 99.9 cm³/mol. The van der Waals surface area contributed by atoms with E-state index in [1.807, 2.05) is 60.7 Å². The fourth-order valence-electron chi connectivity index (χ4n) is 2.87. The zero-order valence-electron chi connectivity index (χ0n) is 13.8. The average molecular weight is 364 g/mol. The molecule has 0 unspecified atom stereocenters. The minimum absolute atomic E-state index is 0.0166. The fourth-order valence-corrected chi connectivity index (χ4v) is 4.20. The molecule has 0 spiro atoms. The van der Waals surface area contributed by atoms with E-state index in [1.165, 1.54) is 0 Å². The lowest BCUT2D eigenvalue weighted by molar-refractivity contribution is 0.584. The molecule has 0 radical (unpaired) electrons. The third-order valence-corrected chi connectivity index (χ3v) is 6.14. The summed E-state index contributed by atoms with van der Waals surface area (Å²) in [5, 5.41) is 9.32. The Morgan fingerprint density at radius 3 is 2.08 bits per heavy atom. The highest BCUT2D eigenvalue weighted by Gasteiger charge is 2.37. The van der Waals surface area contributed by atoms with Crippen LogP contribution in [0.2, 0.25) is 0 Å². The van der Waals surface area contributed by atoms with Gasteiger partial charge in [-0.3, -0.25) is 4.72 Å². The van der Waals surface area contributed by atoms with Crippen molar-refractivity contribution in [3.63, 3.8) is 0 Å². The second kappa shape index (κ2) is 6.36. The molecule has 1 heterocycles. The summed E-state index contributed by atoms with van der Waals surface area (Å²) in [6.07, 6.45) is 1.27. The molecule has 0 saturated heterocycles. The molecule has 4 rings (SSSR count). The molecule has 1 aliphatic carbocycles. The van der Waals surface area contributed by atoms with Gasteiger partial charge in [0, 0.05) is 11.1 Å². The Morgan fingerprint density at radius 1 is 0.962 bits per heavy atom. The van der Waals surface area contributed by atoms with Crippen molar-refractivity contribution in [3.05, 3.63) is 66.2 Å². The number of hydrogen-bond donors (Lipinski definition) is 1. The highest BCUT2D eigenvalue weighted by atomic mass is 32.2. The van der Waals surface area contributed by atoms with E-state index >= 15 is 0 Å². The van der Waals surface area contributed by atoms with Gasteiger partial charge in [-0.1, -0.05) is 60.7 Å². The molecule has 1 fully saturated rings. The van der Waals surface area contributed by atoms with Crippen molar-refractivity contribution in [2.75, 3.05) is 4.72 Å². The van der Waals surface area contributed by atoms with Gasteiger partial charge < -0.3 is 4.42 Å². The molecule has 0 atom stereocenters. The molecule has 0 bridgehead atoms. The lowest BCUT2D eigenvalue weighted by Gasteiger charge is -2.03. The van der Waals surface area contributed by atoms with E-state index in [1.54, 1.807) is 0 Å². The molecule has 3 aromatic rings. The van der Waals surface area contributed by atoms with Crippen LogP contribution in [0.3, 0.4) is 0 Å². The first-order valence-electron chi connectivity index (χ1n) is 8.29. The van der Waals surface area contributed by atoms with E-state index in [2.05, 4.69) is 10.8 Å². The minimum atomic E-state index is -3.54. The number of benzene rings is 2. The molecule has 1 saturated carbocycles. The SMILES string of the molecule is N#Cc1c(NS(=O)(=O)C2CC2)oc(-c2ccccc2)c1-c1ccccc1. The third-order valence-electron chi connectivity index (χ3n) is 4.32. The molecule has 1 aliphatic rings. The zero-order valence-corrected chi connectivity index (χ0v) is 14.7. The first kappa shape index (κ1) is 16.4. The van der Waals surface area contributed by atoms with Gasteiger partial charge in [0.1, 0.15) is 17.4 Å². The Balaban J connectivity index is 1.92. The van der Waals surface area contributed by atoms with Crippen LogP contribution in [-0.2, 0) is 10.0 Å². The molecule has 0 amide bonds. The second-order valence-corrected chi connectivity index (χ2v) is 8.16. The van der Waals surface area contributed by atoms with Crippen molar-refractivity contribution >= 4 is 15.9 Å². The van der Waals surface area contributed by atoms with Crippen molar-refractivity contribution in [2.45, 2.75) is 18.1 Å². The number of nitriles is 1. The molecule has 1 aromatic heterocycles.